The maximum absolute atomic E-state index is 13.7. The van der Waals surface area contributed by atoms with E-state index < -0.39 is 11.3 Å². The third-order valence-corrected chi connectivity index (χ3v) is 3.02. The molecule has 4 heteroatoms. The summed E-state index contributed by atoms with van der Waals surface area (Å²) in [5, 5.41) is 9.80. The van der Waals surface area contributed by atoms with Crippen LogP contribution in [-0.2, 0) is 4.79 Å². The first-order chi connectivity index (χ1) is 6.73. The fourth-order valence-electron chi connectivity index (χ4n) is 1.98. The maximum Gasteiger partial charge on any atom is 0.162 e. The number of halogens is 1. The van der Waals surface area contributed by atoms with E-state index in [4.69, 9.17) is 0 Å². The molecule has 3 nitrogen and oxygen atoms in total. The Bertz CT molecular complexity index is 251. The van der Waals surface area contributed by atoms with Crippen LogP contribution in [0.4, 0.5) is 4.39 Å². The summed E-state index contributed by atoms with van der Waals surface area (Å²) in [4.78, 5) is 13.0. The van der Waals surface area contributed by atoms with E-state index in [1.165, 1.54) is 13.8 Å². The summed E-state index contributed by atoms with van der Waals surface area (Å²) in [6.07, 6.45) is 1.34. The number of β-amino-alcohol motifs (C(OH)–C–C–N with tert-alkyl or cyclic N) is 1. The highest BCUT2D eigenvalue weighted by atomic mass is 19.1. The maximum atomic E-state index is 13.7. The van der Waals surface area contributed by atoms with Gasteiger partial charge in [0.2, 0.25) is 0 Å². The van der Waals surface area contributed by atoms with Crippen LogP contribution in [-0.4, -0.2) is 46.7 Å². The van der Waals surface area contributed by atoms with E-state index in [2.05, 4.69) is 0 Å². The van der Waals surface area contributed by atoms with Crippen molar-refractivity contribution < 1.29 is 14.3 Å². The topological polar surface area (TPSA) is 40.5 Å². The van der Waals surface area contributed by atoms with Gasteiger partial charge in [0.15, 0.2) is 5.78 Å². The van der Waals surface area contributed by atoms with Crippen LogP contribution < -0.4 is 0 Å². The molecule has 0 amide bonds. The van der Waals surface area contributed by atoms with Gasteiger partial charge in [-0.25, -0.2) is 4.39 Å². The Morgan fingerprint density at radius 3 is 2.73 bits per heavy atom. The largest absolute Gasteiger partial charge is 0.381 e. The molecule has 1 fully saturated rings. The van der Waals surface area contributed by atoms with E-state index in [1.54, 1.807) is 6.92 Å². The highest BCUT2D eigenvalue weighted by Gasteiger charge is 2.35. The first-order valence-corrected chi connectivity index (χ1v) is 5.38. The Morgan fingerprint density at radius 2 is 2.27 bits per heavy atom. The predicted octanol–water partition coefficient (Wildman–Crippen LogP) is 1.15. The molecule has 1 N–H and O–H groups in total. The number of aliphatic hydroxyl groups is 1. The van der Waals surface area contributed by atoms with E-state index in [1.807, 2.05) is 4.90 Å². The molecule has 0 saturated carbocycles. The number of nitrogens with zero attached hydrogens (tertiary/aromatic N) is 1. The SMILES string of the molecule is CC(=O)C(C)(O)CN1CCCC(C)(F)C1. The van der Waals surface area contributed by atoms with Gasteiger partial charge in [-0.3, -0.25) is 9.69 Å². The van der Waals surface area contributed by atoms with Crippen molar-refractivity contribution in [1.82, 2.24) is 4.90 Å². The molecular formula is C11H20FNO2. The highest BCUT2D eigenvalue weighted by Crippen LogP contribution is 2.25. The number of piperidine rings is 1. The van der Waals surface area contributed by atoms with Gasteiger partial charge in [-0.1, -0.05) is 0 Å². The van der Waals surface area contributed by atoms with Gasteiger partial charge in [0.1, 0.15) is 11.3 Å². The molecule has 1 heterocycles. The molecular weight excluding hydrogens is 197 g/mol. The lowest BCUT2D eigenvalue weighted by atomic mass is 9.94. The molecule has 15 heavy (non-hydrogen) atoms. The quantitative estimate of drug-likeness (QED) is 0.771. The van der Waals surface area contributed by atoms with Crippen LogP contribution >= 0.6 is 0 Å². The molecule has 1 aliphatic rings. The standard InChI is InChI=1S/C11H20FNO2/c1-9(14)11(3,15)8-13-6-4-5-10(2,12)7-13/h15H,4-8H2,1-3H3. The molecule has 88 valence electrons. The minimum Gasteiger partial charge on any atom is -0.381 e. The van der Waals surface area contributed by atoms with Crippen molar-refractivity contribution in [3.05, 3.63) is 0 Å². The lowest BCUT2D eigenvalue weighted by Crippen LogP contribution is -2.51. The molecule has 0 aromatic heterocycles. The van der Waals surface area contributed by atoms with Crippen molar-refractivity contribution in [2.45, 2.75) is 44.9 Å². The van der Waals surface area contributed by atoms with Crippen molar-refractivity contribution in [3.63, 3.8) is 0 Å². The number of likely N-dealkylation sites (tertiary alicyclic amines) is 1. The molecule has 0 spiro atoms. The molecule has 2 unspecified atom stereocenters. The monoisotopic (exact) mass is 217 g/mol. The Morgan fingerprint density at radius 1 is 1.67 bits per heavy atom. The molecule has 0 aromatic carbocycles. The number of Topliss-reactive ketones (excluding diaryl/α,β-unsaturated/α-hetero) is 1. The lowest BCUT2D eigenvalue weighted by Gasteiger charge is -2.38. The highest BCUT2D eigenvalue weighted by molar-refractivity contribution is 5.84. The van der Waals surface area contributed by atoms with Crippen LogP contribution in [0.1, 0.15) is 33.6 Å². The van der Waals surface area contributed by atoms with Gasteiger partial charge >= 0.3 is 0 Å². The van der Waals surface area contributed by atoms with Crippen molar-refractivity contribution in [1.29, 1.82) is 0 Å². The van der Waals surface area contributed by atoms with Crippen molar-refractivity contribution >= 4 is 5.78 Å². The summed E-state index contributed by atoms with van der Waals surface area (Å²) in [7, 11) is 0. The number of ketones is 1. The van der Waals surface area contributed by atoms with Gasteiger partial charge in [0.25, 0.3) is 0 Å². The summed E-state index contributed by atoms with van der Waals surface area (Å²) in [5.41, 5.74) is -2.54. The van der Waals surface area contributed by atoms with Crippen molar-refractivity contribution in [2.75, 3.05) is 19.6 Å². The summed E-state index contributed by atoms with van der Waals surface area (Å²) in [5.74, 6) is -0.270. The first kappa shape index (κ1) is 12.6. The number of carbonyl (C=O) groups is 1. The van der Waals surface area contributed by atoms with E-state index in [0.717, 1.165) is 13.0 Å². The summed E-state index contributed by atoms with van der Waals surface area (Å²) in [6.45, 7) is 5.70. The van der Waals surface area contributed by atoms with Gasteiger partial charge in [-0.2, -0.15) is 0 Å². The minimum atomic E-state index is -1.35. The fraction of sp³-hybridized carbons (Fsp3) is 0.909. The zero-order valence-corrected chi connectivity index (χ0v) is 9.72. The Kier molecular flexibility index (Phi) is 3.51. The Balaban J connectivity index is 2.55. The average Bonchev–Trinajstić information content (AvgIpc) is 2.00. The summed E-state index contributed by atoms with van der Waals surface area (Å²) < 4.78 is 13.7. The second-order valence-corrected chi connectivity index (χ2v) is 5.06. The first-order valence-electron chi connectivity index (χ1n) is 5.38. The molecule has 1 saturated heterocycles. The van der Waals surface area contributed by atoms with E-state index in [9.17, 15) is 14.3 Å². The number of rotatable bonds is 3. The zero-order chi connectivity index (χ0) is 11.7. The number of carbonyl (C=O) groups excluding carboxylic acids is 1. The van der Waals surface area contributed by atoms with Gasteiger partial charge < -0.3 is 5.11 Å². The smallest absolute Gasteiger partial charge is 0.162 e. The minimum absolute atomic E-state index is 0.224. The van der Waals surface area contributed by atoms with E-state index in [-0.39, 0.29) is 12.3 Å². The predicted molar refractivity (Wildman–Crippen MR) is 56.5 cm³/mol. The van der Waals surface area contributed by atoms with Crippen LogP contribution in [0, 0.1) is 0 Å². The van der Waals surface area contributed by atoms with Gasteiger partial charge in [0.05, 0.1) is 0 Å². The van der Waals surface area contributed by atoms with Gasteiger partial charge in [-0.05, 0) is 40.2 Å². The van der Waals surface area contributed by atoms with E-state index in [0.29, 0.717) is 13.0 Å². The van der Waals surface area contributed by atoms with Crippen molar-refractivity contribution in [3.8, 4) is 0 Å². The number of hydrogen-bond donors (Lipinski definition) is 1. The van der Waals surface area contributed by atoms with Crippen LogP contribution in [0.3, 0.4) is 0 Å². The summed E-state index contributed by atoms with van der Waals surface area (Å²) in [6, 6.07) is 0. The van der Waals surface area contributed by atoms with Gasteiger partial charge in [0, 0.05) is 13.1 Å². The molecule has 0 bridgehead atoms. The number of alkyl halides is 1. The van der Waals surface area contributed by atoms with Gasteiger partial charge in [-0.15, -0.1) is 0 Å². The second kappa shape index (κ2) is 4.18. The second-order valence-electron chi connectivity index (χ2n) is 5.06. The molecule has 1 aliphatic heterocycles. The molecule has 0 radical (unpaired) electrons. The third kappa shape index (κ3) is 3.54. The van der Waals surface area contributed by atoms with Crippen LogP contribution in [0.25, 0.3) is 0 Å². The fourth-order valence-corrected chi connectivity index (χ4v) is 1.98. The number of hydrogen-bond acceptors (Lipinski definition) is 3. The third-order valence-electron chi connectivity index (χ3n) is 3.02. The molecule has 1 rings (SSSR count). The van der Waals surface area contributed by atoms with Crippen molar-refractivity contribution in [2.24, 2.45) is 0 Å². The van der Waals surface area contributed by atoms with Crippen LogP contribution in [0.5, 0.6) is 0 Å². The zero-order valence-electron chi connectivity index (χ0n) is 9.72. The molecule has 2 atom stereocenters. The Hall–Kier alpha value is -0.480. The van der Waals surface area contributed by atoms with E-state index >= 15 is 0 Å². The normalized spacial score (nSPS) is 32.3. The molecule has 0 aromatic rings. The summed E-state index contributed by atoms with van der Waals surface area (Å²) >= 11 is 0. The van der Waals surface area contributed by atoms with Crippen LogP contribution in [0.15, 0.2) is 0 Å². The van der Waals surface area contributed by atoms with Crippen LogP contribution in [0.2, 0.25) is 0 Å². The average molecular weight is 217 g/mol. The Labute approximate surface area is 90.3 Å². The molecule has 0 aliphatic carbocycles. The lowest BCUT2D eigenvalue weighted by molar-refractivity contribution is -0.136.